The average Bonchev–Trinajstić information content (AvgIpc) is 2.52. The van der Waals surface area contributed by atoms with Crippen LogP contribution in [-0.4, -0.2) is 48.6 Å². The predicted octanol–water partition coefficient (Wildman–Crippen LogP) is 3.59. The summed E-state index contributed by atoms with van der Waals surface area (Å²) >= 11 is 0. The number of aliphatic hydroxyl groups is 1. The van der Waals surface area contributed by atoms with Gasteiger partial charge in [0.1, 0.15) is 6.61 Å². The van der Waals surface area contributed by atoms with Crippen LogP contribution in [0.15, 0.2) is 25.3 Å². The smallest absolute Gasteiger partial charge is 0.305 e. The molecule has 0 spiro atoms. The van der Waals surface area contributed by atoms with Crippen LogP contribution in [0.25, 0.3) is 0 Å². The number of carboxylic acid groups (broad SMARTS) is 1. The third-order valence-corrected chi connectivity index (χ3v) is 1.78. The summed E-state index contributed by atoms with van der Waals surface area (Å²) in [5, 5.41) is 16.6. The van der Waals surface area contributed by atoms with Gasteiger partial charge in [0, 0.05) is 26.1 Å². The number of carboxylic acids is 1. The summed E-state index contributed by atoms with van der Waals surface area (Å²) in [7, 11) is 0. The maximum atomic E-state index is 10.8. The Hall–Kier alpha value is -1.66. The molecule has 0 aromatic rings. The lowest BCUT2D eigenvalue weighted by Gasteiger charge is -2.01. The van der Waals surface area contributed by atoms with Gasteiger partial charge in [0.15, 0.2) is 0 Å². The zero-order valence-corrected chi connectivity index (χ0v) is 15.8. The fourth-order valence-corrected chi connectivity index (χ4v) is 0.981. The number of rotatable bonds is 9. The van der Waals surface area contributed by atoms with E-state index in [9.17, 15) is 9.59 Å². The lowest BCUT2D eigenvalue weighted by atomic mass is 10.2. The molecule has 0 aromatic heterocycles. The third-order valence-electron chi connectivity index (χ3n) is 1.78. The maximum absolute atomic E-state index is 10.8. The lowest BCUT2D eigenvalue weighted by molar-refractivity contribution is -0.145. The van der Waals surface area contributed by atoms with E-state index in [0.717, 1.165) is 13.2 Å². The van der Waals surface area contributed by atoms with Crippen LogP contribution < -0.4 is 0 Å². The molecule has 0 bridgehead atoms. The van der Waals surface area contributed by atoms with Crippen molar-refractivity contribution in [1.29, 1.82) is 0 Å². The lowest BCUT2D eigenvalue weighted by Crippen LogP contribution is -2.08. The normalized spacial score (nSPS) is 8.04. The van der Waals surface area contributed by atoms with E-state index in [4.69, 9.17) is 14.9 Å². The Morgan fingerprint density at radius 1 is 1.00 bits per heavy atom. The molecule has 0 saturated heterocycles. The number of ether oxygens (including phenoxy) is 2. The molecule has 6 heteroatoms. The van der Waals surface area contributed by atoms with Crippen LogP contribution in [0, 0.1) is 0 Å². The Balaban J connectivity index is -0.000000149. The minimum absolute atomic E-state index is 0.0117. The highest BCUT2D eigenvalue weighted by molar-refractivity contribution is 5.69. The zero-order chi connectivity index (χ0) is 19.6. The van der Waals surface area contributed by atoms with Crippen LogP contribution in [0.5, 0.6) is 0 Å². The SMILES string of the molecule is C=CC.C=CC.CCOCC.O=C(O)CCCCC(=O)OCCO. The van der Waals surface area contributed by atoms with Gasteiger partial charge in [0.2, 0.25) is 0 Å². The molecule has 0 saturated carbocycles. The highest BCUT2D eigenvalue weighted by atomic mass is 16.5. The van der Waals surface area contributed by atoms with Crippen molar-refractivity contribution in [2.24, 2.45) is 0 Å². The number of hydrogen-bond acceptors (Lipinski definition) is 5. The van der Waals surface area contributed by atoms with Crippen molar-refractivity contribution < 1.29 is 29.3 Å². The molecule has 0 radical (unpaired) electrons. The molecule has 0 aliphatic carbocycles. The number of esters is 1. The molecule has 0 aliphatic heterocycles. The molecular formula is C18H36O6. The van der Waals surface area contributed by atoms with Crippen molar-refractivity contribution in [3.8, 4) is 0 Å². The van der Waals surface area contributed by atoms with E-state index in [1.807, 2.05) is 27.7 Å². The predicted molar refractivity (Wildman–Crippen MR) is 98.1 cm³/mol. The Labute approximate surface area is 147 Å². The molecule has 24 heavy (non-hydrogen) atoms. The second-order valence-electron chi connectivity index (χ2n) is 4.14. The minimum atomic E-state index is -0.858. The van der Waals surface area contributed by atoms with Gasteiger partial charge in [0.25, 0.3) is 0 Å². The molecule has 0 unspecified atom stereocenters. The molecular weight excluding hydrogens is 312 g/mol. The van der Waals surface area contributed by atoms with Gasteiger partial charge >= 0.3 is 11.9 Å². The monoisotopic (exact) mass is 348 g/mol. The van der Waals surface area contributed by atoms with Gasteiger partial charge < -0.3 is 19.7 Å². The number of aliphatic hydroxyl groups excluding tert-OH is 1. The topological polar surface area (TPSA) is 93.1 Å². The highest BCUT2D eigenvalue weighted by Crippen LogP contribution is 2.00. The van der Waals surface area contributed by atoms with E-state index in [1.54, 1.807) is 12.2 Å². The standard InChI is InChI=1S/C8H14O5.C4H10O.2C3H6/c9-5-6-13-8(12)4-2-1-3-7(10)11;1-3-5-4-2;2*1-3-2/h9H,1-6H2,(H,10,11);3-4H2,1-2H3;2*3H,1H2,2H3. The van der Waals surface area contributed by atoms with Crippen LogP contribution in [0.4, 0.5) is 0 Å². The van der Waals surface area contributed by atoms with Crippen molar-refractivity contribution >= 4 is 11.9 Å². The zero-order valence-electron chi connectivity index (χ0n) is 15.8. The molecule has 2 N–H and O–H groups in total. The van der Waals surface area contributed by atoms with Crippen molar-refractivity contribution in [3.05, 3.63) is 25.3 Å². The molecule has 0 atom stereocenters. The number of allylic oxidation sites excluding steroid dienone is 2. The molecule has 0 fully saturated rings. The van der Waals surface area contributed by atoms with E-state index in [2.05, 4.69) is 17.9 Å². The first-order chi connectivity index (χ1) is 11.4. The first kappa shape index (κ1) is 30.2. The molecule has 0 heterocycles. The summed E-state index contributed by atoms with van der Waals surface area (Å²) in [6.07, 6.45) is 4.78. The summed E-state index contributed by atoms with van der Waals surface area (Å²) in [6, 6.07) is 0. The number of hydrogen-bond donors (Lipinski definition) is 2. The second kappa shape index (κ2) is 33.1. The Bertz CT molecular complexity index is 269. The van der Waals surface area contributed by atoms with Gasteiger partial charge in [-0.05, 0) is 40.5 Å². The summed E-state index contributed by atoms with van der Waals surface area (Å²) < 4.78 is 9.40. The van der Waals surface area contributed by atoms with E-state index < -0.39 is 5.97 Å². The Morgan fingerprint density at radius 3 is 1.71 bits per heavy atom. The molecule has 0 rings (SSSR count). The molecule has 144 valence electrons. The van der Waals surface area contributed by atoms with Crippen molar-refractivity contribution in [3.63, 3.8) is 0 Å². The van der Waals surface area contributed by atoms with E-state index in [1.165, 1.54) is 0 Å². The molecule has 0 aromatic carbocycles. The summed E-state index contributed by atoms with van der Waals surface area (Å²) in [6.45, 7) is 16.0. The van der Waals surface area contributed by atoms with Gasteiger partial charge in [-0.1, -0.05) is 12.2 Å². The summed E-state index contributed by atoms with van der Waals surface area (Å²) in [5.74, 6) is -1.25. The van der Waals surface area contributed by atoms with Crippen LogP contribution in [0.2, 0.25) is 0 Å². The fraction of sp³-hybridized carbons (Fsp3) is 0.667. The van der Waals surface area contributed by atoms with E-state index in [0.29, 0.717) is 12.8 Å². The fourth-order valence-electron chi connectivity index (χ4n) is 0.981. The number of carbonyl (C=O) groups is 2. The van der Waals surface area contributed by atoms with Gasteiger partial charge in [-0.2, -0.15) is 0 Å². The molecule has 0 aliphatic rings. The minimum Gasteiger partial charge on any atom is -0.481 e. The first-order valence-electron chi connectivity index (χ1n) is 8.11. The van der Waals surface area contributed by atoms with Crippen molar-refractivity contribution in [1.82, 2.24) is 0 Å². The van der Waals surface area contributed by atoms with Gasteiger partial charge in [-0.3, -0.25) is 9.59 Å². The summed E-state index contributed by atoms with van der Waals surface area (Å²) in [5.41, 5.74) is 0. The van der Waals surface area contributed by atoms with E-state index >= 15 is 0 Å². The van der Waals surface area contributed by atoms with Gasteiger partial charge in [0.05, 0.1) is 6.61 Å². The Kier molecular flexibility index (Phi) is 41.7. The molecule has 0 amide bonds. The number of carbonyl (C=O) groups excluding carboxylic acids is 1. The van der Waals surface area contributed by atoms with Crippen LogP contribution in [0.1, 0.15) is 53.4 Å². The number of aliphatic carboxylic acids is 1. The van der Waals surface area contributed by atoms with Crippen LogP contribution in [-0.2, 0) is 19.1 Å². The second-order valence-corrected chi connectivity index (χ2v) is 4.14. The number of unbranched alkanes of at least 4 members (excludes halogenated alkanes) is 1. The Morgan fingerprint density at radius 2 is 1.42 bits per heavy atom. The van der Waals surface area contributed by atoms with Crippen molar-refractivity contribution in [2.75, 3.05) is 26.4 Å². The molecule has 6 nitrogen and oxygen atoms in total. The maximum Gasteiger partial charge on any atom is 0.305 e. The van der Waals surface area contributed by atoms with Gasteiger partial charge in [-0.25, -0.2) is 0 Å². The largest absolute Gasteiger partial charge is 0.481 e. The van der Waals surface area contributed by atoms with Crippen LogP contribution in [0.3, 0.4) is 0 Å². The van der Waals surface area contributed by atoms with Crippen molar-refractivity contribution in [2.45, 2.75) is 53.4 Å². The van der Waals surface area contributed by atoms with Gasteiger partial charge in [-0.15, -0.1) is 13.2 Å². The third kappa shape index (κ3) is 59.2. The quantitative estimate of drug-likeness (QED) is 0.376. The highest BCUT2D eigenvalue weighted by Gasteiger charge is 2.03. The summed E-state index contributed by atoms with van der Waals surface area (Å²) in [4.78, 5) is 20.8. The van der Waals surface area contributed by atoms with Crippen LogP contribution >= 0.6 is 0 Å². The average molecular weight is 348 g/mol. The van der Waals surface area contributed by atoms with E-state index in [-0.39, 0.29) is 32.0 Å². The first-order valence-corrected chi connectivity index (χ1v) is 8.11.